The summed E-state index contributed by atoms with van der Waals surface area (Å²) >= 11 is 0. The van der Waals surface area contributed by atoms with Crippen LogP contribution in [0.15, 0.2) is 44.6 Å². The molecule has 2 unspecified atom stereocenters. The Balaban J connectivity index is 1.74. The Bertz CT molecular complexity index is 1200. The van der Waals surface area contributed by atoms with Crippen LogP contribution in [0.3, 0.4) is 0 Å². The van der Waals surface area contributed by atoms with Crippen molar-refractivity contribution >= 4 is 11.0 Å². The van der Waals surface area contributed by atoms with Crippen molar-refractivity contribution in [3.05, 3.63) is 62.6 Å². The van der Waals surface area contributed by atoms with E-state index in [-0.39, 0.29) is 13.2 Å². The second-order valence-electron chi connectivity index (χ2n) is 7.70. The lowest BCUT2D eigenvalue weighted by atomic mass is 9.98. The molecule has 4 atom stereocenters. The average molecular weight is 417 g/mol. The minimum Gasteiger partial charge on any atom is -0.387 e. The van der Waals surface area contributed by atoms with E-state index in [1.807, 2.05) is 19.1 Å². The lowest BCUT2D eigenvalue weighted by molar-refractivity contribution is -0.124. The van der Waals surface area contributed by atoms with E-state index in [4.69, 9.17) is 14.0 Å². The van der Waals surface area contributed by atoms with Gasteiger partial charge in [0.1, 0.15) is 23.5 Å². The molecule has 0 saturated carbocycles. The number of aromatic nitrogens is 3. The molecule has 0 amide bonds. The van der Waals surface area contributed by atoms with Crippen LogP contribution in [0.2, 0.25) is 0 Å². The number of aryl methyl sites for hydroxylation is 1. The van der Waals surface area contributed by atoms with Gasteiger partial charge in [-0.1, -0.05) is 17.3 Å². The smallest absolute Gasteiger partial charge is 0.333 e. The van der Waals surface area contributed by atoms with E-state index in [0.29, 0.717) is 16.7 Å². The first-order chi connectivity index (χ1) is 14.3. The van der Waals surface area contributed by atoms with E-state index in [1.165, 1.54) is 19.4 Å². The van der Waals surface area contributed by atoms with Gasteiger partial charge in [-0.15, -0.1) is 0 Å². The number of nitrogens with zero attached hydrogens (tertiary/aromatic N) is 3. The summed E-state index contributed by atoms with van der Waals surface area (Å²) in [6.07, 6.45) is -2.61. The van der Waals surface area contributed by atoms with Crippen LogP contribution in [0, 0.1) is 6.92 Å². The predicted molar refractivity (Wildman–Crippen MR) is 105 cm³/mol. The van der Waals surface area contributed by atoms with Gasteiger partial charge in [0.2, 0.25) is 0 Å². The molecule has 160 valence electrons. The summed E-state index contributed by atoms with van der Waals surface area (Å²) in [7, 11) is 1.44. The SMILES string of the molecule is COCC1(C)O[C@@H](n2ccc(=O)n(Cc3noc4c(C)cccc34)c2=O)C(O)[C@H]1O. The van der Waals surface area contributed by atoms with Crippen LogP contribution < -0.4 is 11.2 Å². The maximum Gasteiger partial charge on any atom is 0.333 e. The number of rotatable bonds is 5. The highest BCUT2D eigenvalue weighted by molar-refractivity contribution is 5.82. The summed E-state index contributed by atoms with van der Waals surface area (Å²) in [4.78, 5) is 25.5. The highest BCUT2D eigenvalue weighted by Crippen LogP contribution is 2.36. The van der Waals surface area contributed by atoms with Crippen molar-refractivity contribution < 1.29 is 24.2 Å². The zero-order chi connectivity index (χ0) is 21.6. The molecule has 3 aromatic rings. The normalized spacial score (nSPS) is 26.5. The third-order valence-corrected chi connectivity index (χ3v) is 5.51. The van der Waals surface area contributed by atoms with Crippen molar-refractivity contribution in [2.45, 2.75) is 44.4 Å². The quantitative estimate of drug-likeness (QED) is 0.601. The van der Waals surface area contributed by atoms with Gasteiger partial charge in [-0.25, -0.2) is 4.79 Å². The van der Waals surface area contributed by atoms with Gasteiger partial charge in [-0.05, 0) is 25.5 Å². The molecule has 0 aliphatic carbocycles. The molecule has 1 aromatic carbocycles. The Morgan fingerprint density at radius 3 is 2.77 bits per heavy atom. The summed E-state index contributed by atoms with van der Waals surface area (Å²) in [5, 5.41) is 25.6. The number of aliphatic hydroxyl groups is 2. The van der Waals surface area contributed by atoms with Crippen molar-refractivity contribution in [2.24, 2.45) is 0 Å². The van der Waals surface area contributed by atoms with Gasteiger partial charge >= 0.3 is 5.69 Å². The maximum absolute atomic E-state index is 13.1. The number of aliphatic hydroxyl groups excluding tert-OH is 2. The highest BCUT2D eigenvalue weighted by atomic mass is 16.6. The molecule has 1 fully saturated rings. The average Bonchev–Trinajstić information content (AvgIpc) is 3.21. The number of fused-ring (bicyclic) bond motifs is 1. The molecule has 10 nitrogen and oxygen atoms in total. The summed E-state index contributed by atoms with van der Waals surface area (Å²) in [5.74, 6) is 0. The standard InChI is InChI=1S/C20H23N3O7/c1-11-5-4-6-12-13(21-30-16(11)12)9-23-14(24)7-8-22(19(23)27)18-15(25)17(26)20(2,29-18)10-28-3/h4-8,15,17-18,25-26H,9-10H2,1-3H3/t15?,17-,18-,20?/m1/s1. The molecule has 10 heteroatoms. The fraction of sp³-hybridized carbons (Fsp3) is 0.450. The first kappa shape index (κ1) is 20.5. The van der Waals surface area contributed by atoms with Crippen molar-refractivity contribution in [3.8, 4) is 0 Å². The molecule has 30 heavy (non-hydrogen) atoms. The number of ether oxygens (including phenoxy) is 2. The van der Waals surface area contributed by atoms with Crippen LogP contribution in [0.5, 0.6) is 0 Å². The largest absolute Gasteiger partial charge is 0.387 e. The van der Waals surface area contributed by atoms with Gasteiger partial charge in [-0.3, -0.25) is 13.9 Å². The van der Waals surface area contributed by atoms with E-state index < -0.39 is 35.3 Å². The van der Waals surface area contributed by atoms with Crippen molar-refractivity contribution in [2.75, 3.05) is 13.7 Å². The Hall–Kier alpha value is -2.79. The van der Waals surface area contributed by atoms with Crippen LogP contribution in [0.25, 0.3) is 11.0 Å². The second kappa shape index (κ2) is 7.47. The molecule has 2 aromatic heterocycles. The van der Waals surface area contributed by atoms with Crippen molar-refractivity contribution in [1.29, 1.82) is 0 Å². The highest BCUT2D eigenvalue weighted by Gasteiger charge is 2.52. The van der Waals surface area contributed by atoms with Crippen molar-refractivity contribution in [1.82, 2.24) is 14.3 Å². The third-order valence-electron chi connectivity index (χ3n) is 5.51. The minimum atomic E-state index is -1.38. The molecular formula is C20H23N3O7. The fourth-order valence-electron chi connectivity index (χ4n) is 3.85. The Morgan fingerprint density at radius 2 is 2.03 bits per heavy atom. The fourth-order valence-corrected chi connectivity index (χ4v) is 3.85. The molecule has 4 rings (SSSR count). The zero-order valence-electron chi connectivity index (χ0n) is 16.8. The van der Waals surface area contributed by atoms with E-state index in [1.54, 1.807) is 13.0 Å². The minimum absolute atomic E-state index is 0.0143. The lowest BCUT2D eigenvalue weighted by Gasteiger charge is -2.26. The summed E-state index contributed by atoms with van der Waals surface area (Å²) in [5.41, 5.74) is -0.540. The summed E-state index contributed by atoms with van der Waals surface area (Å²) < 4.78 is 18.3. The summed E-state index contributed by atoms with van der Waals surface area (Å²) in [6, 6.07) is 6.71. The lowest BCUT2D eigenvalue weighted by Crippen LogP contribution is -2.44. The third kappa shape index (κ3) is 3.18. The first-order valence-corrected chi connectivity index (χ1v) is 9.45. The number of hydrogen-bond donors (Lipinski definition) is 2. The van der Waals surface area contributed by atoms with E-state index in [9.17, 15) is 19.8 Å². The number of methoxy groups -OCH3 is 1. The number of benzene rings is 1. The Morgan fingerprint density at radius 1 is 1.27 bits per heavy atom. The topological polar surface area (TPSA) is 129 Å². The van der Waals surface area contributed by atoms with Gasteiger partial charge < -0.3 is 24.2 Å². The van der Waals surface area contributed by atoms with Gasteiger partial charge in [0, 0.05) is 24.8 Å². The van der Waals surface area contributed by atoms with E-state index in [0.717, 1.165) is 14.7 Å². The van der Waals surface area contributed by atoms with E-state index >= 15 is 0 Å². The van der Waals surface area contributed by atoms with Crippen molar-refractivity contribution in [3.63, 3.8) is 0 Å². The van der Waals surface area contributed by atoms with Crippen LogP contribution in [-0.4, -0.2) is 56.0 Å². The van der Waals surface area contributed by atoms with Gasteiger partial charge in [-0.2, -0.15) is 0 Å². The summed E-state index contributed by atoms with van der Waals surface area (Å²) in [6.45, 7) is 3.35. The molecule has 0 bridgehead atoms. The number of para-hydroxylation sites is 1. The Kier molecular flexibility index (Phi) is 5.10. The van der Waals surface area contributed by atoms with Crippen LogP contribution in [0.4, 0.5) is 0 Å². The molecular weight excluding hydrogens is 394 g/mol. The number of hydrogen-bond acceptors (Lipinski definition) is 8. The van der Waals surface area contributed by atoms with Crippen LogP contribution in [0.1, 0.15) is 24.4 Å². The molecule has 1 aliphatic heterocycles. The monoisotopic (exact) mass is 417 g/mol. The molecule has 1 saturated heterocycles. The molecule has 0 spiro atoms. The second-order valence-corrected chi connectivity index (χ2v) is 7.70. The van der Waals surface area contributed by atoms with Gasteiger partial charge in [0.25, 0.3) is 5.56 Å². The van der Waals surface area contributed by atoms with Crippen LogP contribution >= 0.6 is 0 Å². The molecule has 0 radical (unpaired) electrons. The zero-order valence-corrected chi connectivity index (χ0v) is 16.8. The van der Waals surface area contributed by atoms with Gasteiger partial charge in [0.15, 0.2) is 11.8 Å². The van der Waals surface area contributed by atoms with Crippen LogP contribution in [-0.2, 0) is 16.0 Å². The maximum atomic E-state index is 13.1. The predicted octanol–water partition coefficient (Wildman–Crippen LogP) is 0.164. The Labute approximate surface area is 170 Å². The van der Waals surface area contributed by atoms with E-state index in [2.05, 4.69) is 5.16 Å². The molecule has 1 aliphatic rings. The first-order valence-electron chi connectivity index (χ1n) is 9.45. The molecule has 3 heterocycles. The molecule has 2 N–H and O–H groups in total. The van der Waals surface area contributed by atoms with Gasteiger partial charge in [0.05, 0.1) is 13.2 Å².